The highest BCUT2D eigenvalue weighted by Gasteiger charge is 2.31. The predicted molar refractivity (Wildman–Crippen MR) is 110 cm³/mol. The van der Waals surface area contributed by atoms with Gasteiger partial charge in [0.1, 0.15) is 11.5 Å². The van der Waals surface area contributed by atoms with Gasteiger partial charge in [-0.25, -0.2) is 14.4 Å². The van der Waals surface area contributed by atoms with Gasteiger partial charge in [-0.05, 0) is 29.3 Å². The lowest BCUT2D eigenvalue weighted by Gasteiger charge is -2.35. The minimum atomic E-state index is -3.14. The summed E-state index contributed by atoms with van der Waals surface area (Å²) in [5.74, 6) is -1.51. The van der Waals surface area contributed by atoms with Crippen molar-refractivity contribution in [2.24, 2.45) is 0 Å². The monoisotopic (exact) mass is 460 g/mol. The second-order valence-corrected chi connectivity index (χ2v) is 7.69. The van der Waals surface area contributed by atoms with Crippen molar-refractivity contribution in [3.8, 4) is 5.75 Å². The highest BCUT2D eigenvalue weighted by Crippen LogP contribution is 2.33. The number of carbonyl (C=O) groups is 1. The van der Waals surface area contributed by atoms with Gasteiger partial charge in [0.05, 0.1) is 44.2 Å². The number of rotatable bonds is 4. The molecule has 2 N–H and O–H groups in total. The number of fused-ring (bicyclic) bond motifs is 3. The molecule has 0 bridgehead atoms. The molecular weight excluding hydrogens is 441 g/mol. The smallest absolute Gasteiger partial charge is 0.387 e. The van der Waals surface area contributed by atoms with Gasteiger partial charge in [-0.15, -0.1) is 0 Å². The molecule has 8 nitrogen and oxygen atoms in total. The number of alkyl halides is 2. The predicted octanol–water partition coefficient (Wildman–Crippen LogP) is 3.20. The lowest BCUT2D eigenvalue weighted by molar-refractivity contribution is -0.0522. The molecule has 1 amide bonds. The van der Waals surface area contributed by atoms with E-state index in [-0.39, 0.29) is 24.8 Å². The Labute approximate surface area is 186 Å². The molecule has 1 saturated heterocycles. The molecule has 0 radical (unpaired) electrons. The Kier molecular flexibility index (Phi) is 5.51. The summed E-state index contributed by atoms with van der Waals surface area (Å²) < 4.78 is 54.3. The number of anilines is 1. The Morgan fingerprint density at radius 3 is 2.82 bits per heavy atom. The first-order chi connectivity index (χ1) is 15.9. The first kappa shape index (κ1) is 21.4. The fourth-order valence-corrected chi connectivity index (χ4v) is 4.18. The van der Waals surface area contributed by atoms with Gasteiger partial charge in [0, 0.05) is 17.5 Å². The summed E-state index contributed by atoms with van der Waals surface area (Å²) in [6, 6.07) is 4.65. The van der Waals surface area contributed by atoms with Crippen LogP contribution < -0.4 is 10.5 Å². The summed E-state index contributed by atoms with van der Waals surface area (Å²) in [5.41, 5.74) is 8.82. The molecule has 0 spiro atoms. The lowest BCUT2D eigenvalue weighted by atomic mass is 10.0. The van der Waals surface area contributed by atoms with Gasteiger partial charge in [0.25, 0.3) is 5.91 Å². The maximum atomic E-state index is 14.3. The van der Waals surface area contributed by atoms with E-state index < -0.39 is 24.2 Å². The van der Waals surface area contributed by atoms with Crippen LogP contribution in [0, 0.1) is 5.82 Å². The summed E-state index contributed by atoms with van der Waals surface area (Å²) >= 11 is 0. The van der Waals surface area contributed by atoms with Crippen LogP contribution in [-0.4, -0.2) is 47.1 Å². The van der Waals surface area contributed by atoms with Crippen molar-refractivity contribution in [3.05, 3.63) is 58.7 Å². The molecule has 2 aliphatic rings. The highest BCUT2D eigenvalue weighted by atomic mass is 19.3. The Morgan fingerprint density at radius 2 is 2.03 bits per heavy atom. The van der Waals surface area contributed by atoms with Crippen molar-refractivity contribution in [1.82, 2.24) is 14.9 Å². The molecule has 33 heavy (non-hydrogen) atoms. The Morgan fingerprint density at radius 1 is 1.21 bits per heavy atom. The number of pyridine rings is 2. The average Bonchev–Trinajstić information content (AvgIpc) is 3.31. The van der Waals surface area contributed by atoms with Crippen molar-refractivity contribution < 1.29 is 32.2 Å². The highest BCUT2D eigenvalue weighted by molar-refractivity contribution is 5.97. The molecule has 2 aliphatic heterocycles. The number of halogens is 3. The number of aromatic nitrogens is 2. The minimum absolute atomic E-state index is 0.120. The quantitative estimate of drug-likeness (QED) is 0.638. The zero-order valence-corrected chi connectivity index (χ0v) is 17.3. The number of morpholine rings is 1. The molecule has 0 saturated carbocycles. The van der Waals surface area contributed by atoms with Gasteiger partial charge in [-0.3, -0.25) is 4.79 Å². The van der Waals surface area contributed by atoms with Gasteiger partial charge in [0.15, 0.2) is 11.6 Å². The molecule has 0 unspecified atom stereocenters. The number of nitrogen functional groups attached to an aromatic ring is 1. The van der Waals surface area contributed by atoms with Crippen LogP contribution in [-0.2, 0) is 22.7 Å². The van der Waals surface area contributed by atoms with Crippen molar-refractivity contribution >= 4 is 22.6 Å². The van der Waals surface area contributed by atoms with Crippen LogP contribution in [0.25, 0.3) is 10.9 Å². The molecule has 3 aromatic rings. The average molecular weight is 460 g/mol. The molecule has 1 aromatic carbocycles. The van der Waals surface area contributed by atoms with Crippen LogP contribution >= 0.6 is 0 Å². The molecule has 5 rings (SSSR count). The third kappa shape index (κ3) is 3.93. The molecule has 2 aromatic heterocycles. The molecule has 4 heterocycles. The minimum Gasteiger partial charge on any atom is -0.432 e. The zero-order valence-electron chi connectivity index (χ0n) is 17.3. The maximum absolute atomic E-state index is 14.3. The first-order valence-corrected chi connectivity index (χ1v) is 10.2. The molecular formula is C22H19F3N4O4. The van der Waals surface area contributed by atoms with Crippen LogP contribution in [0.1, 0.15) is 33.2 Å². The fourth-order valence-electron chi connectivity index (χ4n) is 4.18. The van der Waals surface area contributed by atoms with E-state index in [1.165, 1.54) is 17.2 Å². The van der Waals surface area contributed by atoms with Crippen LogP contribution in [0.3, 0.4) is 0 Å². The van der Waals surface area contributed by atoms with E-state index in [4.69, 9.17) is 15.2 Å². The van der Waals surface area contributed by atoms with Gasteiger partial charge in [-0.1, -0.05) is 6.07 Å². The van der Waals surface area contributed by atoms with E-state index in [0.717, 1.165) is 28.6 Å². The number of nitrogens with two attached hydrogens (primary N) is 1. The van der Waals surface area contributed by atoms with Crippen LogP contribution in [0.5, 0.6) is 5.75 Å². The Hall–Kier alpha value is -3.44. The Bertz CT molecular complexity index is 1240. The van der Waals surface area contributed by atoms with Crippen molar-refractivity contribution in [1.29, 1.82) is 0 Å². The normalized spacial score (nSPS) is 18.1. The summed E-state index contributed by atoms with van der Waals surface area (Å²) in [5, 5.41) is 0.736. The number of carbonyl (C=O) groups excluding carboxylic acids is 1. The summed E-state index contributed by atoms with van der Waals surface area (Å²) in [6.45, 7) is -1.75. The first-order valence-electron chi connectivity index (χ1n) is 10.2. The van der Waals surface area contributed by atoms with Crippen LogP contribution in [0.15, 0.2) is 30.5 Å². The van der Waals surface area contributed by atoms with Crippen LogP contribution in [0.2, 0.25) is 0 Å². The second kappa shape index (κ2) is 8.49. The van der Waals surface area contributed by atoms with Gasteiger partial charge in [0.2, 0.25) is 0 Å². The maximum Gasteiger partial charge on any atom is 0.387 e. The molecule has 1 atom stereocenters. The zero-order chi connectivity index (χ0) is 23.1. The molecule has 11 heteroatoms. The van der Waals surface area contributed by atoms with E-state index in [1.807, 2.05) is 0 Å². The standard InChI is InChI=1S/C22H19F3N4O4/c23-15-5-11(1-2-19(15)33-22(24)25)18-10-31-4-3-29(18)21(30)16-6-12-13-8-32-9-14(13)20(26)28-17(12)7-27-16/h1-2,5-7,18,22H,3-4,8-10H2,(H2,26,28)/t18-/m1/s1. The molecule has 1 fully saturated rings. The second-order valence-electron chi connectivity index (χ2n) is 7.69. The Balaban J connectivity index is 1.47. The molecule has 172 valence electrons. The van der Waals surface area contributed by atoms with E-state index in [0.29, 0.717) is 36.7 Å². The van der Waals surface area contributed by atoms with Crippen LogP contribution in [0.4, 0.5) is 19.0 Å². The van der Waals surface area contributed by atoms with Crippen molar-refractivity contribution in [2.45, 2.75) is 25.9 Å². The van der Waals surface area contributed by atoms with Gasteiger partial charge < -0.3 is 24.8 Å². The fraction of sp³-hybridized carbons (Fsp3) is 0.318. The number of ether oxygens (including phenoxy) is 3. The molecule has 0 aliphatic carbocycles. The summed E-state index contributed by atoms with van der Waals surface area (Å²) in [4.78, 5) is 23.6. The van der Waals surface area contributed by atoms with Gasteiger partial charge >= 0.3 is 6.61 Å². The van der Waals surface area contributed by atoms with E-state index >= 15 is 0 Å². The van der Waals surface area contributed by atoms with Gasteiger partial charge in [-0.2, -0.15) is 8.78 Å². The van der Waals surface area contributed by atoms with Crippen molar-refractivity contribution in [2.75, 3.05) is 25.5 Å². The largest absolute Gasteiger partial charge is 0.432 e. The lowest BCUT2D eigenvalue weighted by Crippen LogP contribution is -2.43. The number of nitrogens with zero attached hydrogens (tertiary/aromatic N) is 3. The topological polar surface area (TPSA) is 99.8 Å². The number of amides is 1. The third-order valence-corrected chi connectivity index (χ3v) is 5.78. The summed E-state index contributed by atoms with van der Waals surface area (Å²) in [6.07, 6.45) is 1.49. The SMILES string of the molecule is Nc1nc2cnc(C(=O)N3CCOC[C@@H]3c3ccc(OC(F)F)c(F)c3)cc2c2c1COC2. The third-order valence-electron chi connectivity index (χ3n) is 5.78. The number of hydrogen-bond acceptors (Lipinski definition) is 7. The summed E-state index contributed by atoms with van der Waals surface area (Å²) in [7, 11) is 0. The van der Waals surface area contributed by atoms with E-state index in [2.05, 4.69) is 14.7 Å². The van der Waals surface area contributed by atoms with Crippen molar-refractivity contribution in [3.63, 3.8) is 0 Å². The van der Waals surface area contributed by atoms with E-state index in [1.54, 1.807) is 6.07 Å². The number of benzene rings is 1. The number of hydrogen-bond donors (Lipinski definition) is 1. The van der Waals surface area contributed by atoms with E-state index in [9.17, 15) is 18.0 Å².